The van der Waals surface area contributed by atoms with Crippen LogP contribution in [0.3, 0.4) is 0 Å². The molecule has 0 spiro atoms. The summed E-state index contributed by atoms with van der Waals surface area (Å²) in [7, 11) is 1.62. The topological polar surface area (TPSA) is 51.2 Å². The molecule has 0 radical (unpaired) electrons. The maximum atomic E-state index is 12.1. The first kappa shape index (κ1) is 14.8. The number of hydrogen-bond donors (Lipinski definition) is 1. The zero-order chi connectivity index (χ0) is 14.5. The van der Waals surface area contributed by atoms with Gasteiger partial charge in [0.05, 0.1) is 17.2 Å². The normalized spacial score (nSPS) is 10.3. The van der Waals surface area contributed by atoms with Crippen LogP contribution in [0.2, 0.25) is 10.2 Å². The molecule has 0 aliphatic carbocycles. The number of rotatable bonds is 4. The van der Waals surface area contributed by atoms with Crippen molar-refractivity contribution in [2.24, 2.45) is 0 Å². The SMILES string of the molecule is COCc1cccc(NC(=O)c2cnc(Cl)c(Cl)c2)c1. The third-order valence-corrected chi connectivity index (χ3v) is 3.24. The lowest BCUT2D eigenvalue weighted by Crippen LogP contribution is -2.12. The second-order valence-corrected chi connectivity index (χ2v) is 4.85. The lowest BCUT2D eigenvalue weighted by atomic mass is 10.2. The average Bonchev–Trinajstić information content (AvgIpc) is 2.42. The van der Waals surface area contributed by atoms with Gasteiger partial charge in [-0.05, 0) is 23.8 Å². The summed E-state index contributed by atoms with van der Waals surface area (Å²) in [6.45, 7) is 0.484. The summed E-state index contributed by atoms with van der Waals surface area (Å²) in [6.07, 6.45) is 1.38. The molecule has 20 heavy (non-hydrogen) atoms. The molecule has 0 saturated heterocycles. The second-order valence-electron chi connectivity index (χ2n) is 4.08. The van der Waals surface area contributed by atoms with E-state index >= 15 is 0 Å². The Morgan fingerprint density at radius 1 is 1.35 bits per heavy atom. The van der Waals surface area contributed by atoms with Gasteiger partial charge in [0.25, 0.3) is 5.91 Å². The summed E-state index contributed by atoms with van der Waals surface area (Å²) < 4.78 is 5.05. The maximum absolute atomic E-state index is 12.1. The summed E-state index contributed by atoms with van der Waals surface area (Å²) >= 11 is 11.5. The highest BCUT2D eigenvalue weighted by atomic mass is 35.5. The zero-order valence-corrected chi connectivity index (χ0v) is 12.2. The minimum atomic E-state index is -0.300. The molecule has 0 atom stereocenters. The smallest absolute Gasteiger partial charge is 0.257 e. The van der Waals surface area contributed by atoms with E-state index in [2.05, 4.69) is 10.3 Å². The number of carbonyl (C=O) groups is 1. The maximum Gasteiger partial charge on any atom is 0.257 e. The molecule has 1 aromatic carbocycles. The lowest BCUT2D eigenvalue weighted by molar-refractivity contribution is 0.102. The summed E-state index contributed by atoms with van der Waals surface area (Å²) in [5.74, 6) is -0.300. The highest BCUT2D eigenvalue weighted by Gasteiger charge is 2.09. The molecule has 0 aliphatic heterocycles. The third-order valence-electron chi connectivity index (χ3n) is 2.55. The van der Waals surface area contributed by atoms with Gasteiger partial charge in [-0.1, -0.05) is 35.3 Å². The number of halogens is 2. The Labute approximate surface area is 126 Å². The number of amides is 1. The molecule has 1 amide bonds. The Morgan fingerprint density at radius 3 is 2.85 bits per heavy atom. The van der Waals surface area contributed by atoms with E-state index in [1.54, 1.807) is 13.2 Å². The van der Waals surface area contributed by atoms with Crippen molar-refractivity contribution in [2.45, 2.75) is 6.61 Å². The number of nitrogens with one attached hydrogen (secondary N) is 1. The second kappa shape index (κ2) is 6.70. The molecule has 2 aromatic rings. The predicted octanol–water partition coefficient (Wildman–Crippen LogP) is 3.79. The molecule has 0 fully saturated rings. The van der Waals surface area contributed by atoms with Crippen LogP contribution in [0.15, 0.2) is 36.5 Å². The number of nitrogens with zero attached hydrogens (tertiary/aromatic N) is 1. The molecular weight excluding hydrogens is 299 g/mol. The molecule has 1 aromatic heterocycles. The number of aromatic nitrogens is 1. The number of ether oxygens (including phenoxy) is 1. The van der Waals surface area contributed by atoms with Crippen molar-refractivity contribution in [1.29, 1.82) is 0 Å². The van der Waals surface area contributed by atoms with E-state index in [0.717, 1.165) is 5.56 Å². The van der Waals surface area contributed by atoms with Crippen LogP contribution < -0.4 is 5.32 Å². The fourth-order valence-electron chi connectivity index (χ4n) is 1.65. The third kappa shape index (κ3) is 3.70. The van der Waals surface area contributed by atoms with Gasteiger partial charge in [0, 0.05) is 19.0 Å². The lowest BCUT2D eigenvalue weighted by Gasteiger charge is -2.07. The van der Waals surface area contributed by atoms with Gasteiger partial charge in [0.2, 0.25) is 0 Å². The van der Waals surface area contributed by atoms with E-state index in [4.69, 9.17) is 27.9 Å². The number of benzene rings is 1. The van der Waals surface area contributed by atoms with Crippen molar-refractivity contribution in [1.82, 2.24) is 4.98 Å². The first-order valence-corrected chi connectivity index (χ1v) is 6.56. The van der Waals surface area contributed by atoms with Crippen molar-refractivity contribution < 1.29 is 9.53 Å². The van der Waals surface area contributed by atoms with Crippen LogP contribution in [0.4, 0.5) is 5.69 Å². The van der Waals surface area contributed by atoms with Crippen LogP contribution in [0.25, 0.3) is 0 Å². The van der Waals surface area contributed by atoms with Gasteiger partial charge in [-0.2, -0.15) is 0 Å². The van der Waals surface area contributed by atoms with Crippen molar-refractivity contribution in [3.8, 4) is 0 Å². The van der Waals surface area contributed by atoms with Crippen molar-refractivity contribution in [2.75, 3.05) is 12.4 Å². The number of methoxy groups -OCH3 is 1. The van der Waals surface area contributed by atoms with Crippen LogP contribution in [0.5, 0.6) is 0 Å². The van der Waals surface area contributed by atoms with E-state index in [0.29, 0.717) is 17.9 Å². The first-order chi connectivity index (χ1) is 9.60. The molecule has 0 bridgehead atoms. The molecule has 2 rings (SSSR count). The fourth-order valence-corrected chi connectivity index (χ4v) is 1.92. The van der Waals surface area contributed by atoms with Gasteiger partial charge in [-0.15, -0.1) is 0 Å². The van der Waals surface area contributed by atoms with Crippen LogP contribution in [-0.4, -0.2) is 18.0 Å². The summed E-state index contributed by atoms with van der Waals surface area (Å²) in [5, 5.41) is 3.18. The molecule has 0 saturated carbocycles. The van der Waals surface area contributed by atoms with E-state index in [9.17, 15) is 4.79 Å². The fraction of sp³-hybridized carbons (Fsp3) is 0.143. The minimum absolute atomic E-state index is 0.172. The van der Waals surface area contributed by atoms with Gasteiger partial charge in [-0.25, -0.2) is 4.98 Å². The number of hydrogen-bond acceptors (Lipinski definition) is 3. The predicted molar refractivity (Wildman–Crippen MR) is 79.4 cm³/mol. The van der Waals surface area contributed by atoms with E-state index < -0.39 is 0 Å². The van der Waals surface area contributed by atoms with Crippen LogP contribution in [0, 0.1) is 0 Å². The monoisotopic (exact) mass is 310 g/mol. The number of pyridine rings is 1. The summed E-state index contributed by atoms with van der Waals surface area (Å²) in [4.78, 5) is 15.9. The van der Waals surface area contributed by atoms with Gasteiger partial charge < -0.3 is 10.1 Å². The summed E-state index contributed by atoms with van der Waals surface area (Å²) in [6, 6.07) is 8.87. The van der Waals surface area contributed by atoms with Crippen LogP contribution in [0.1, 0.15) is 15.9 Å². The first-order valence-electron chi connectivity index (χ1n) is 5.80. The van der Waals surface area contributed by atoms with Gasteiger partial charge >= 0.3 is 0 Å². The van der Waals surface area contributed by atoms with Crippen molar-refractivity contribution in [3.63, 3.8) is 0 Å². The largest absolute Gasteiger partial charge is 0.380 e. The van der Waals surface area contributed by atoms with Crippen molar-refractivity contribution in [3.05, 3.63) is 57.8 Å². The number of anilines is 1. The molecule has 4 nitrogen and oxygen atoms in total. The van der Waals surface area contributed by atoms with Gasteiger partial charge in [-0.3, -0.25) is 4.79 Å². The van der Waals surface area contributed by atoms with Crippen LogP contribution in [-0.2, 0) is 11.3 Å². The molecule has 1 heterocycles. The Bertz CT molecular complexity index is 632. The van der Waals surface area contributed by atoms with Crippen molar-refractivity contribution >= 4 is 34.8 Å². The van der Waals surface area contributed by atoms with Gasteiger partial charge in [0.1, 0.15) is 5.15 Å². The van der Waals surface area contributed by atoms with E-state index in [-0.39, 0.29) is 16.1 Å². The quantitative estimate of drug-likeness (QED) is 0.874. The zero-order valence-electron chi connectivity index (χ0n) is 10.7. The Kier molecular flexibility index (Phi) is 4.95. The highest BCUT2D eigenvalue weighted by Crippen LogP contribution is 2.20. The molecular formula is C14H12Cl2N2O2. The molecule has 6 heteroatoms. The Morgan fingerprint density at radius 2 is 2.15 bits per heavy atom. The average molecular weight is 311 g/mol. The molecule has 1 N–H and O–H groups in total. The highest BCUT2D eigenvalue weighted by molar-refractivity contribution is 6.41. The van der Waals surface area contributed by atoms with Crippen LogP contribution >= 0.6 is 23.2 Å². The standard InChI is InChI=1S/C14H12Cl2N2O2/c1-20-8-9-3-2-4-11(5-9)18-14(19)10-6-12(15)13(16)17-7-10/h2-7H,8H2,1H3,(H,18,19). The molecule has 104 valence electrons. The Hall–Kier alpha value is -1.62. The summed E-state index contributed by atoms with van der Waals surface area (Å²) in [5.41, 5.74) is 1.99. The molecule has 0 aliphatic rings. The van der Waals surface area contributed by atoms with E-state index in [1.807, 2.05) is 18.2 Å². The van der Waals surface area contributed by atoms with Gasteiger partial charge in [0.15, 0.2) is 0 Å². The Balaban J connectivity index is 2.14. The molecule has 0 unspecified atom stereocenters. The minimum Gasteiger partial charge on any atom is -0.380 e. The van der Waals surface area contributed by atoms with E-state index in [1.165, 1.54) is 12.3 Å². The number of carbonyl (C=O) groups excluding carboxylic acids is 1.